The Morgan fingerprint density at radius 2 is 1.78 bits per heavy atom. The van der Waals surface area contributed by atoms with Crippen molar-refractivity contribution >= 4 is 11.9 Å². The average molecular weight is 369 g/mol. The molecule has 1 fully saturated rings. The van der Waals surface area contributed by atoms with Crippen LogP contribution < -0.4 is 10.6 Å². The van der Waals surface area contributed by atoms with Crippen LogP contribution in [0.4, 0.5) is 4.79 Å². The zero-order chi connectivity index (χ0) is 19.2. The van der Waals surface area contributed by atoms with Crippen molar-refractivity contribution in [1.82, 2.24) is 15.5 Å². The molecule has 1 saturated heterocycles. The quantitative estimate of drug-likeness (QED) is 0.846. The predicted molar refractivity (Wildman–Crippen MR) is 103 cm³/mol. The lowest BCUT2D eigenvalue weighted by atomic mass is 9.96. The van der Waals surface area contributed by atoms with E-state index in [1.165, 1.54) is 6.26 Å². The van der Waals surface area contributed by atoms with Gasteiger partial charge in [0.15, 0.2) is 5.76 Å². The Hall–Kier alpha value is -2.76. The third-order valence-electron chi connectivity index (χ3n) is 4.96. The van der Waals surface area contributed by atoms with Crippen LogP contribution in [0, 0.1) is 5.92 Å². The van der Waals surface area contributed by atoms with Crippen molar-refractivity contribution in [1.29, 1.82) is 0 Å². The summed E-state index contributed by atoms with van der Waals surface area (Å²) in [6.07, 6.45) is 2.97. The number of amides is 3. The van der Waals surface area contributed by atoms with Crippen molar-refractivity contribution in [3.63, 3.8) is 0 Å². The largest absolute Gasteiger partial charge is 0.459 e. The number of rotatable bonds is 5. The molecule has 0 saturated carbocycles. The molecular formula is C21H27N3O3. The van der Waals surface area contributed by atoms with Gasteiger partial charge in [-0.15, -0.1) is 0 Å². The minimum Gasteiger partial charge on any atom is -0.459 e. The summed E-state index contributed by atoms with van der Waals surface area (Å²) in [6.45, 7) is 5.40. The Bertz CT molecular complexity index is 735. The number of nitrogens with one attached hydrogen (secondary N) is 2. The molecule has 2 N–H and O–H groups in total. The highest BCUT2D eigenvalue weighted by Gasteiger charge is 2.26. The summed E-state index contributed by atoms with van der Waals surface area (Å²) in [5, 5.41) is 6.15. The maximum atomic E-state index is 12.5. The Morgan fingerprint density at radius 1 is 1.07 bits per heavy atom. The van der Waals surface area contributed by atoms with Crippen LogP contribution in [-0.2, 0) is 0 Å². The van der Waals surface area contributed by atoms with Crippen molar-refractivity contribution in [3.05, 3.63) is 60.1 Å². The first-order valence-electron chi connectivity index (χ1n) is 9.49. The van der Waals surface area contributed by atoms with Crippen molar-refractivity contribution < 1.29 is 14.0 Å². The third kappa shape index (κ3) is 4.90. The van der Waals surface area contributed by atoms with Gasteiger partial charge in [0.05, 0.1) is 12.3 Å². The Kier molecular flexibility index (Phi) is 6.16. The molecule has 6 nitrogen and oxygen atoms in total. The smallest absolute Gasteiger partial charge is 0.315 e. The minimum atomic E-state index is -0.159. The maximum absolute atomic E-state index is 12.5. The van der Waals surface area contributed by atoms with Crippen LogP contribution in [0.1, 0.15) is 48.8 Å². The van der Waals surface area contributed by atoms with Crippen LogP contribution in [0.3, 0.4) is 0 Å². The standard InChI is InChI=1S/C21H27N3O3/c1-15(2)19(16-7-4-3-5-8-16)23-21(26)22-17-10-12-24(13-11-17)20(25)18-9-6-14-27-18/h3-9,14-15,17,19H,10-13H2,1-2H3,(H2,22,23,26). The maximum Gasteiger partial charge on any atom is 0.315 e. The van der Waals surface area contributed by atoms with Gasteiger partial charge in [0.2, 0.25) is 0 Å². The molecule has 0 spiro atoms. The summed E-state index contributed by atoms with van der Waals surface area (Å²) in [5.74, 6) is 0.555. The highest BCUT2D eigenvalue weighted by Crippen LogP contribution is 2.21. The van der Waals surface area contributed by atoms with E-state index in [2.05, 4.69) is 24.5 Å². The fourth-order valence-electron chi connectivity index (χ4n) is 3.45. The molecule has 1 aromatic heterocycles. The van der Waals surface area contributed by atoms with Gasteiger partial charge in [0, 0.05) is 19.1 Å². The first-order valence-corrected chi connectivity index (χ1v) is 9.49. The molecule has 1 unspecified atom stereocenters. The first-order chi connectivity index (χ1) is 13.0. The summed E-state index contributed by atoms with van der Waals surface area (Å²) >= 11 is 0. The second kappa shape index (κ2) is 8.75. The number of nitrogens with zero attached hydrogens (tertiary/aromatic N) is 1. The van der Waals surface area contributed by atoms with Gasteiger partial charge >= 0.3 is 6.03 Å². The second-order valence-electron chi connectivity index (χ2n) is 7.29. The van der Waals surface area contributed by atoms with Gasteiger partial charge in [-0.1, -0.05) is 44.2 Å². The molecule has 1 aromatic carbocycles. The first kappa shape index (κ1) is 19.0. The van der Waals surface area contributed by atoms with E-state index in [9.17, 15) is 9.59 Å². The van der Waals surface area contributed by atoms with Crippen LogP contribution in [0.2, 0.25) is 0 Å². The molecule has 2 aromatic rings. The predicted octanol–water partition coefficient (Wildman–Crippen LogP) is 3.58. The number of benzene rings is 1. The molecule has 27 heavy (non-hydrogen) atoms. The van der Waals surface area contributed by atoms with Crippen LogP contribution in [0.25, 0.3) is 0 Å². The monoisotopic (exact) mass is 369 g/mol. The van der Waals surface area contributed by atoms with E-state index in [4.69, 9.17) is 4.42 Å². The fraction of sp³-hybridized carbons (Fsp3) is 0.429. The number of likely N-dealkylation sites (tertiary alicyclic amines) is 1. The van der Waals surface area contributed by atoms with E-state index in [1.807, 2.05) is 30.3 Å². The van der Waals surface area contributed by atoms with Crippen LogP contribution in [0.5, 0.6) is 0 Å². The molecular weight excluding hydrogens is 342 g/mol. The molecule has 1 aliphatic rings. The highest BCUT2D eigenvalue weighted by molar-refractivity contribution is 5.91. The normalized spacial score (nSPS) is 16.2. The van der Waals surface area contributed by atoms with Crippen molar-refractivity contribution in [2.45, 2.75) is 38.8 Å². The van der Waals surface area contributed by atoms with Crippen molar-refractivity contribution in [2.75, 3.05) is 13.1 Å². The van der Waals surface area contributed by atoms with Crippen molar-refractivity contribution in [2.24, 2.45) is 5.92 Å². The Labute approximate surface area is 159 Å². The molecule has 0 aliphatic carbocycles. The molecule has 3 rings (SSSR count). The van der Waals surface area contributed by atoms with Gasteiger partial charge < -0.3 is 20.0 Å². The Balaban J connectivity index is 1.49. The molecule has 2 heterocycles. The summed E-state index contributed by atoms with van der Waals surface area (Å²) in [4.78, 5) is 26.6. The topological polar surface area (TPSA) is 74.6 Å². The van der Waals surface area contributed by atoms with E-state index in [0.717, 1.165) is 18.4 Å². The zero-order valence-corrected chi connectivity index (χ0v) is 15.9. The van der Waals surface area contributed by atoms with E-state index in [1.54, 1.807) is 17.0 Å². The van der Waals surface area contributed by atoms with E-state index >= 15 is 0 Å². The lowest BCUT2D eigenvalue weighted by Crippen LogP contribution is -2.50. The fourth-order valence-corrected chi connectivity index (χ4v) is 3.45. The molecule has 0 bridgehead atoms. The number of furan rings is 1. The summed E-state index contributed by atoms with van der Waals surface area (Å²) < 4.78 is 5.18. The Morgan fingerprint density at radius 3 is 2.37 bits per heavy atom. The lowest BCUT2D eigenvalue weighted by Gasteiger charge is -2.32. The molecule has 0 radical (unpaired) electrons. The number of piperidine rings is 1. The molecule has 6 heteroatoms. The highest BCUT2D eigenvalue weighted by atomic mass is 16.3. The van der Waals surface area contributed by atoms with Crippen LogP contribution in [-0.4, -0.2) is 36.0 Å². The van der Waals surface area contributed by atoms with Gasteiger partial charge in [-0.3, -0.25) is 4.79 Å². The van der Waals surface area contributed by atoms with Gasteiger partial charge in [-0.05, 0) is 36.5 Å². The number of hydrogen-bond donors (Lipinski definition) is 2. The summed E-state index contributed by atoms with van der Waals surface area (Å²) in [6, 6.07) is 13.3. The lowest BCUT2D eigenvalue weighted by molar-refractivity contribution is 0.0676. The molecule has 144 valence electrons. The number of urea groups is 1. The summed E-state index contributed by atoms with van der Waals surface area (Å²) in [5.41, 5.74) is 1.10. The molecule has 3 amide bonds. The summed E-state index contributed by atoms with van der Waals surface area (Å²) in [7, 11) is 0. The van der Waals surface area contributed by atoms with Gasteiger partial charge in [0.25, 0.3) is 5.91 Å². The van der Waals surface area contributed by atoms with Crippen LogP contribution >= 0.6 is 0 Å². The number of carbonyl (C=O) groups excluding carboxylic acids is 2. The zero-order valence-electron chi connectivity index (χ0n) is 15.9. The van der Waals surface area contributed by atoms with Gasteiger partial charge in [-0.2, -0.15) is 0 Å². The minimum absolute atomic E-state index is 0.0354. The van der Waals surface area contributed by atoms with Gasteiger partial charge in [-0.25, -0.2) is 4.79 Å². The van der Waals surface area contributed by atoms with E-state index < -0.39 is 0 Å². The van der Waals surface area contributed by atoms with E-state index in [-0.39, 0.29) is 29.9 Å². The average Bonchev–Trinajstić information content (AvgIpc) is 3.21. The second-order valence-corrected chi connectivity index (χ2v) is 7.29. The SMILES string of the molecule is CC(C)C(NC(=O)NC1CCN(C(=O)c2ccco2)CC1)c1ccccc1. The third-order valence-corrected chi connectivity index (χ3v) is 4.96. The molecule has 1 atom stereocenters. The van der Waals surface area contributed by atoms with Gasteiger partial charge in [0.1, 0.15) is 0 Å². The molecule has 1 aliphatic heterocycles. The van der Waals surface area contributed by atoms with Crippen LogP contribution in [0.15, 0.2) is 53.1 Å². The number of hydrogen-bond acceptors (Lipinski definition) is 3. The van der Waals surface area contributed by atoms with E-state index in [0.29, 0.717) is 18.8 Å². The van der Waals surface area contributed by atoms with Crippen molar-refractivity contribution in [3.8, 4) is 0 Å². The number of carbonyl (C=O) groups is 2.